The maximum absolute atomic E-state index is 9.21. The van der Waals surface area contributed by atoms with Crippen LogP contribution in [0.1, 0.15) is 18.4 Å². The predicted molar refractivity (Wildman–Crippen MR) is 62.1 cm³/mol. The number of ether oxygens (including phenoxy) is 1. The Morgan fingerprint density at radius 2 is 2.00 bits per heavy atom. The second kappa shape index (κ2) is 5.54. The molecule has 0 aliphatic carbocycles. The van der Waals surface area contributed by atoms with E-state index >= 15 is 0 Å². The minimum absolute atomic E-state index is 0.131. The zero-order valence-corrected chi connectivity index (χ0v) is 9.50. The lowest BCUT2D eigenvalue weighted by atomic mass is 10.2. The summed E-state index contributed by atoms with van der Waals surface area (Å²) in [6.07, 6.45) is 2.23. The summed E-state index contributed by atoms with van der Waals surface area (Å²) in [6, 6.07) is 8.08. The van der Waals surface area contributed by atoms with Crippen LogP contribution < -0.4 is 0 Å². The van der Waals surface area contributed by atoms with Crippen molar-refractivity contribution in [3.63, 3.8) is 0 Å². The molecular weight excluding hydrogens is 208 g/mol. The molecule has 3 heteroatoms. The van der Waals surface area contributed by atoms with Gasteiger partial charge in [-0.1, -0.05) is 18.2 Å². The van der Waals surface area contributed by atoms with Crippen molar-refractivity contribution >= 4 is 11.8 Å². The van der Waals surface area contributed by atoms with E-state index in [0.717, 1.165) is 31.6 Å². The zero-order chi connectivity index (χ0) is 10.5. The molecule has 1 saturated heterocycles. The minimum Gasteiger partial charge on any atom is -0.392 e. The lowest BCUT2D eigenvalue weighted by Gasteiger charge is -2.22. The van der Waals surface area contributed by atoms with Crippen molar-refractivity contribution < 1.29 is 9.84 Å². The van der Waals surface area contributed by atoms with E-state index in [1.807, 2.05) is 30.0 Å². The molecule has 15 heavy (non-hydrogen) atoms. The predicted octanol–water partition coefficient (Wildman–Crippen LogP) is 2.45. The van der Waals surface area contributed by atoms with E-state index in [2.05, 4.69) is 6.07 Å². The Bertz CT molecular complexity index is 308. The van der Waals surface area contributed by atoms with Crippen molar-refractivity contribution in [3.05, 3.63) is 29.8 Å². The molecular formula is C12H16O2S. The summed E-state index contributed by atoms with van der Waals surface area (Å²) in [6.45, 7) is 1.88. The van der Waals surface area contributed by atoms with Crippen molar-refractivity contribution in [2.75, 3.05) is 13.2 Å². The molecule has 1 aliphatic rings. The van der Waals surface area contributed by atoms with E-state index in [4.69, 9.17) is 4.74 Å². The van der Waals surface area contributed by atoms with Crippen molar-refractivity contribution in [2.24, 2.45) is 0 Å². The molecule has 1 fully saturated rings. The van der Waals surface area contributed by atoms with Crippen molar-refractivity contribution in [1.82, 2.24) is 0 Å². The summed E-state index contributed by atoms with van der Waals surface area (Å²) >= 11 is 1.88. The van der Waals surface area contributed by atoms with Gasteiger partial charge in [0.2, 0.25) is 0 Å². The molecule has 0 aromatic heterocycles. The second-order valence-corrected chi connectivity index (χ2v) is 5.04. The molecule has 1 aromatic rings. The van der Waals surface area contributed by atoms with Crippen LogP contribution in [0.2, 0.25) is 0 Å². The standard InChI is InChI=1S/C12H16O2S/c13-9-10-3-1-2-4-12(10)15-11-5-7-14-8-6-11/h1-4,11,13H,5-9H2. The van der Waals surface area contributed by atoms with Crippen LogP contribution in [0, 0.1) is 0 Å². The first kappa shape index (κ1) is 11.0. The first-order valence-electron chi connectivity index (χ1n) is 5.33. The number of rotatable bonds is 3. The van der Waals surface area contributed by atoms with Crippen molar-refractivity contribution in [3.8, 4) is 0 Å². The third-order valence-corrected chi connectivity index (χ3v) is 4.06. The lowest BCUT2D eigenvalue weighted by Crippen LogP contribution is -2.17. The molecule has 82 valence electrons. The maximum Gasteiger partial charge on any atom is 0.0692 e. The maximum atomic E-state index is 9.21. The zero-order valence-electron chi connectivity index (χ0n) is 8.69. The molecule has 1 aliphatic heterocycles. The molecule has 0 saturated carbocycles. The van der Waals surface area contributed by atoms with Gasteiger partial charge in [-0.2, -0.15) is 0 Å². The highest BCUT2D eigenvalue weighted by atomic mass is 32.2. The third-order valence-electron chi connectivity index (χ3n) is 2.60. The lowest BCUT2D eigenvalue weighted by molar-refractivity contribution is 0.1000. The van der Waals surface area contributed by atoms with Crippen LogP contribution in [0.3, 0.4) is 0 Å². The molecule has 0 unspecified atom stereocenters. The summed E-state index contributed by atoms with van der Waals surface area (Å²) < 4.78 is 5.33. The Hall–Kier alpha value is -0.510. The molecule has 0 amide bonds. The van der Waals surface area contributed by atoms with Gasteiger partial charge in [0.1, 0.15) is 0 Å². The van der Waals surface area contributed by atoms with Gasteiger partial charge in [0.25, 0.3) is 0 Å². The molecule has 0 radical (unpaired) electrons. The van der Waals surface area contributed by atoms with Gasteiger partial charge in [-0.15, -0.1) is 11.8 Å². The van der Waals surface area contributed by atoms with E-state index in [1.165, 1.54) is 4.90 Å². The van der Waals surface area contributed by atoms with Crippen LogP contribution in [0.5, 0.6) is 0 Å². The van der Waals surface area contributed by atoms with Crippen molar-refractivity contribution in [1.29, 1.82) is 0 Å². The SMILES string of the molecule is OCc1ccccc1SC1CCOCC1. The Morgan fingerprint density at radius 3 is 2.73 bits per heavy atom. The molecule has 1 N–H and O–H groups in total. The van der Waals surface area contributed by atoms with Gasteiger partial charge >= 0.3 is 0 Å². The molecule has 2 nitrogen and oxygen atoms in total. The van der Waals surface area contributed by atoms with Crippen LogP contribution in [0.4, 0.5) is 0 Å². The molecule has 0 spiro atoms. The number of hydrogen-bond donors (Lipinski definition) is 1. The summed E-state index contributed by atoms with van der Waals surface area (Å²) in [4.78, 5) is 1.21. The van der Waals surface area contributed by atoms with Crippen LogP contribution in [0.15, 0.2) is 29.2 Å². The topological polar surface area (TPSA) is 29.5 Å². The fourth-order valence-corrected chi connectivity index (χ4v) is 2.95. The number of aliphatic hydroxyl groups excluding tert-OH is 1. The summed E-state index contributed by atoms with van der Waals surface area (Å²) in [7, 11) is 0. The first-order valence-corrected chi connectivity index (χ1v) is 6.21. The normalized spacial score (nSPS) is 17.9. The summed E-state index contributed by atoms with van der Waals surface area (Å²) in [5.74, 6) is 0. The van der Waals surface area contributed by atoms with Crippen LogP contribution in [-0.2, 0) is 11.3 Å². The highest BCUT2D eigenvalue weighted by Crippen LogP contribution is 2.31. The van der Waals surface area contributed by atoms with E-state index in [-0.39, 0.29) is 6.61 Å². The largest absolute Gasteiger partial charge is 0.392 e. The van der Waals surface area contributed by atoms with E-state index in [0.29, 0.717) is 5.25 Å². The van der Waals surface area contributed by atoms with Gasteiger partial charge in [0.05, 0.1) is 6.61 Å². The van der Waals surface area contributed by atoms with E-state index in [1.54, 1.807) is 0 Å². The smallest absolute Gasteiger partial charge is 0.0692 e. The van der Waals surface area contributed by atoms with Gasteiger partial charge in [0, 0.05) is 23.4 Å². The van der Waals surface area contributed by atoms with Gasteiger partial charge in [-0.25, -0.2) is 0 Å². The molecule has 1 aromatic carbocycles. The summed E-state index contributed by atoms with van der Waals surface area (Å²) in [5, 5.41) is 9.85. The summed E-state index contributed by atoms with van der Waals surface area (Å²) in [5.41, 5.74) is 1.04. The van der Waals surface area contributed by atoms with Gasteiger partial charge in [-0.05, 0) is 24.5 Å². The van der Waals surface area contributed by atoms with Crippen LogP contribution >= 0.6 is 11.8 Å². The van der Waals surface area contributed by atoms with E-state index < -0.39 is 0 Å². The number of aliphatic hydroxyl groups is 1. The average molecular weight is 224 g/mol. The molecule has 2 rings (SSSR count). The van der Waals surface area contributed by atoms with Gasteiger partial charge in [0.15, 0.2) is 0 Å². The Balaban J connectivity index is 2.02. The van der Waals surface area contributed by atoms with Crippen LogP contribution in [-0.4, -0.2) is 23.6 Å². The monoisotopic (exact) mass is 224 g/mol. The first-order chi connectivity index (χ1) is 7.40. The minimum atomic E-state index is 0.131. The van der Waals surface area contributed by atoms with Crippen LogP contribution in [0.25, 0.3) is 0 Å². The molecule has 1 heterocycles. The van der Waals surface area contributed by atoms with Gasteiger partial charge < -0.3 is 9.84 Å². The third kappa shape index (κ3) is 2.97. The highest BCUT2D eigenvalue weighted by Gasteiger charge is 2.15. The highest BCUT2D eigenvalue weighted by molar-refractivity contribution is 8.00. The molecule has 0 bridgehead atoms. The fourth-order valence-electron chi connectivity index (χ4n) is 1.72. The number of benzene rings is 1. The Kier molecular flexibility index (Phi) is 4.06. The number of thioether (sulfide) groups is 1. The quantitative estimate of drug-likeness (QED) is 0.855. The van der Waals surface area contributed by atoms with Gasteiger partial charge in [-0.3, -0.25) is 0 Å². The fraction of sp³-hybridized carbons (Fsp3) is 0.500. The Labute approximate surface area is 94.6 Å². The average Bonchev–Trinajstić information content (AvgIpc) is 2.31. The molecule has 0 atom stereocenters. The Morgan fingerprint density at radius 1 is 1.27 bits per heavy atom. The van der Waals surface area contributed by atoms with E-state index in [9.17, 15) is 5.11 Å². The van der Waals surface area contributed by atoms with Crippen molar-refractivity contribution in [2.45, 2.75) is 29.6 Å². The second-order valence-electron chi connectivity index (χ2n) is 3.70. The number of hydrogen-bond acceptors (Lipinski definition) is 3.